The first-order valence-corrected chi connectivity index (χ1v) is 7.79. The van der Waals surface area contributed by atoms with Gasteiger partial charge in [-0.1, -0.05) is 12.1 Å². The Hall–Kier alpha value is -3.68. The number of carboxylic acid groups (broad SMARTS) is 1. The Morgan fingerprint density at radius 1 is 1.04 bits per heavy atom. The zero-order valence-corrected chi connectivity index (χ0v) is 14.3. The van der Waals surface area contributed by atoms with Crippen molar-refractivity contribution in [2.45, 2.75) is 12.5 Å². The van der Waals surface area contributed by atoms with E-state index in [1.165, 1.54) is 49.6 Å². The molecule has 0 aliphatic heterocycles. The molecule has 0 fully saturated rings. The summed E-state index contributed by atoms with van der Waals surface area (Å²) in [7, 11) is 1.38. The summed E-state index contributed by atoms with van der Waals surface area (Å²) in [6.07, 6.45) is 0.780. The summed E-state index contributed by atoms with van der Waals surface area (Å²) in [6, 6.07) is 8.24. The predicted octanol–water partition coefficient (Wildman–Crippen LogP) is 2.06. The van der Waals surface area contributed by atoms with E-state index in [0.29, 0.717) is 11.1 Å². The summed E-state index contributed by atoms with van der Waals surface area (Å²) in [5, 5.41) is 37.5. The number of carbonyl (C=O) groups is 2. The standard InChI is InChI=1S/C19H18O8/c1-26-16-9-11(2-6-14(16)21)4-7-18(23)27-17(19(24)25)10-12-3-5-13(20)15(22)8-12/h2-9,17,20-22H,10H2,1H3,(H,24,25)/b7-4+. The number of carboxylic acids is 1. The number of rotatable bonds is 7. The molecule has 2 rings (SSSR count). The molecule has 2 aromatic rings. The van der Waals surface area contributed by atoms with Gasteiger partial charge in [0.15, 0.2) is 23.0 Å². The lowest BCUT2D eigenvalue weighted by molar-refractivity contribution is -0.160. The lowest BCUT2D eigenvalue weighted by Crippen LogP contribution is -2.28. The van der Waals surface area contributed by atoms with Crippen molar-refractivity contribution in [3.8, 4) is 23.0 Å². The average Bonchev–Trinajstić information content (AvgIpc) is 2.63. The third-order valence-electron chi connectivity index (χ3n) is 3.61. The number of hydrogen-bond donors (Lipinski definition) is 4. The van der Waals surface area contributed by atoms with Crippen LogP contribution in [0, 0.1) is 0 Å². The molecule has 0 aliphatic carbocycles. The molecule has 8 heteroatoms. The third kappa shape index (κ3) is 5.40. The SMILES string of the molecule is COc1cc(/C=C/C(=O)OC(Cc2ccc(O)c(O)c2)C(=O)O)ccc1O. The zero-order chi connectivity index (χ0) is 20.0. The first-order chi connectivity index (χ1) is 12.8. The van der Waals surface area contributed by atoms with Gasteiger partial charge in [-0.3, -0.25) is 0 Å². The fourth-order valence-corrected chi connectivity index (χ4v) is 2.23. The van der Waals surface area contributed by atoms with Crippen molar-refractivity contribution < 1.29 is 39.5 Å². The first kappa shape index (κ1) is 19.6. The Morgan fingerprint density at radius 2 is 1.74 bits per heavy atom. The first-order valence-electron chi connectivity index (χ1n) is 7.79. The van der Waals surface area contributed by atoms with E-state index in [2.05, 4.69) is 0 Å². The summed E-state index contributed by atoms with van der Waals surface area (Å²) >= 11 is 0. The topological polar surface area (TPSA) is 134 Å². The maximum atomic E-state index is 11.9. The number of phenolic OH excluding ortho intramolecular Hbond substituents is 3. The number of carbonyl (C=O) groups excluding carboxylic acids is 1. The fourth-order valence-electron chi connectivity index (χ4n) is 2.23. The number of benzene rings is 2. The number of methoxy groups -OCH3 is 1. The molecule has 142 valence electrons. The van der Waals surface area contributed by atoms with Gasteiger partial charge in [-0.25, -0.2) is 9.59 Å². The van der Waals surface area contributed by atoms with Gasteiger partial charge in [-0.05, 0) is 41.5 Å². The maximum Gasteiger partial charge on any atom is 0.345 e. The summed E-state index contributed by atoms with van der Waals surface area (Å²) in [5.74, 6) is -2.80. The van der Waals surface area contributed by atoms with Gasteiger partial charge < -0.3 is 29.9 Å². The van der Waals surface area contributed by atoms with E-state index in [4.69, 9.17) is 9.47 Å². The van der Waals surface area contributed by atoms with E-state index in [9.17, 15) is 30.0 Å². The van der Waals surface area contributed by atoms with Crippen molar-refractivity contribution >= 4 is 18.0 Å². The summed E-state index contributed by atoms with van der Waals surface area (Å²) in [4.78, 5) is 23.3. The van der Waals surface area contributed by atoms with E-state index in [1.807, 2.05) is 0 Å². The zero-order valence-electron chi connectivity index (χ0n) is 14.3. The lowest BCUT2D eigenvalue weighted by Gasteiger charge is -2.13. The Labute approximate surface area is 154 Å². The number of ether oxygens (including phenoxy) is 2. The number of hydrogen-bond acceptors (Lipinski definition) is 7. The number of aliphatic carboxylic acids is 1. The highest BCUT2D eigenvalue weighted by molar-refractivity contribution is 5.89. The third-order valence-corrected chi connectivity index (χ3v) is 3.61. The Balaban J connectivity index is 2.06. The lowest BCUT2D eigenvalue weighted by atomic mass is 10.1. The molecule has 2 aromatic carbocycles. The van der Waals surface area contributed by atoms with E-state index in [1.54, 1.807) is 0 Å². The molecule has 0 spiro atoms. The molecule has 0 bridgehead atoms. The number of aromatic hydroxyl groups is 3. The van der Waals surface area contributed by atoms with Gasteiger partial charge in [0, 0.05) is 12.5 Å². The van der Waals surface area contributed by atoms with Crippen LogP contribution in [-0.4, -0.2) is 45.6 Å². The van der Waals surface area contributed by atoms with Crippen molar-refractivity contribution in [2.24, 2.45) is 0 Å². The smallest absolute Gasteiger partial charge is 0.345 e. The molecular weight excluding hydrogens is 356 g/mol. The molecule has 0 saturated heterocycles. The highest BCUT2D eigenvalue weighted by Gasteiger charge is 2.22. The van der Waals surface area contributed by atoms with E-state index in [-0.39, 0.29) is 23.7 Å². The molecule has 0 amide bonds. The van der Waals surface area contributed by atoms with Gasteiger partial charge in [0.05, 0.1) is 7.11 Å². The second-order valence-electron chi connectivity index (χ2n) is 5.56. The number of esters is 1. The van der Waals surface area contributed by atoms with Crippen LogP contribution >= 0.6 is 0 Å². The van der Waals surface area contributed by atoms with Crippen LogP contribution in [0.2, 0.25) is 0 Å². The molecule has 8 nitrogen and oxygen atoms in total. The molecule has 4 N–H and O–H groups in total. The minimum Gasteiger partial charge on any atom is -0.504 e. The van der Waals surface area contributed by atoms with E-state index in [0.717, 1.165) is 6.08 Å². The summed E-state index contributed by atoms with van der Waals surface area (Å²) < 4.78 is 9.89. The monoisotopic (exact) mass is 374 g/mol. The van der Waals surface area contributed by atoms with Crippen molar-refractivity contribution in [3.05, 3.63) is 53.6 Å². The van der Waals surface area contributed by atoms with Crippen LogP contribution in [0.5, 0.6) is 23.0 Å². The minimum atomic E-state index is -1.47. The van der Waals surface area contributed by atoms with Crippen molar-refractivity contribution in [3.63, 3.8) is 0 Å². The van der Waals surface area contributed by atoms with Crippen LogP contribution < -0.4 is 4.74 Å². The molecular formula is C19H18O8. The van der Waals surface area contributed by atoms with Crippen LogP contribution in [0.3, 0.4) is 0 Å². The van der Waals surface area contributed by atoms with Crippen molar-refractivity contribution in [2.75, 3.05) is 7.11 Å². The summed E-state index contributed by atoms with van der Waals surface area (Å²) in [6.45, 7) is 0. The molecule has 27 heavy (non-hydrogen) atoms. The normalized spacial score (nSPS) is 11.9. The second kappa shape index (κ2) is 8.61. The summed E-state index contributed by atoms with van der Waals surface area (Å²) in [5.41, 5.74) is 0.912. The van der Waals surface area contributed by atoms with Gasteiger partial charge in [-0.15, -0.1) is 0 Å². The van der Waals surface area contributed by atoms with Crippen molar-refractivity contribution in [1.82, 2.24) is 0 Å². The molecule has 1 atom stereocenters. The van der Waals surface area contributed by atoms with Crippen LogP contribution in [0.4, 0.5) is 0 Å². The quantitative estimate of drug-likeness (QED) is 0.329. The molecule has 0 aliphatic rings. The van der Waals surface area contributed by atoms with Crippen LogP contribution in [0.25, 0.3) is 6.08 Å². The Kier molecular flexibility index (Phi) is 6.27. The van der Waals surface area contributed by atoms with Gasteiger partial charge >= 0.3 is 11.9 Å². The largest absolute Gasteiger partial charge is 0.504 e. The average molecular weight is 374 g/mol. The molecule has 0 radical (unpaired) electrons. The van der Waals surface area contributed by atoms with Gasteiger partial charge in [0.25, 0.3) is 0 Å². The van der Waals surface area contributed by atoms with E-state index >= 15 is 0 Å². The van der Waals surface area contributed by atoms with E-state index < -0.39 is 23.8 Å². The predicted molar refractivity (Wildman–Crippen MR) is 94.7 cm³/mol. The second-order valence-corrected chi connectivity index (χ2v) is 5.56. The highest BCUT2D eigenvalue weighted by Crippen LogP contribution is 2.27. The van der Waals surface area contributed by atoms with Crippen LogP contribution in [0.1, 0.15) is 11.1 Å². The molecule has 0 saturated carbocycles. The van der Waals surface area contributed by atoms with Crippen LogP contribution in [-0.2, 0) is 20.7 Å². The minimum absolute atomic E-state index is 0.0553. The molecule has 0 aromatic heterocycles. The van der Waals surface area contributed by atoms with Gasteiger partial charge in [0.1, 0.15) is 0 Å². The van der Waals surface area contributed by atoms with Gasteiger partial charge in [-0.2, -0.15) is 0 Å². The van der Waals surface area contributed by atoms with Crippen molar-refractivity contribution in [1.29, 1.82) is 0 Å². The Bertz CT molecular complexity index is 872. The van der Waals surface area contributed by atoms with Crippen LogP contribution in [0.15, 0.2) is 42.5 Å². The maximum absolute atomic E-state index is 11.9. The molecule has 0 heterocycles. The number of phenols is 3. The Morgan fingerprint density at radius 3 is 2.37 bits per heavy atom. The van der Waals surface area contributed by atoms with Gasteiger partial charge in [0.2, 0.25) is 6.10 Å². The fraction of sp³-hybridized carbons (Fsp3) is 0.158. The highest BCUT2D eigenvalue weighted by atomic mass is 16.6. The molecule has 1 unspecified atom stereocenters.